The van der Waals surface area contributed by atoms with Gasteiger partial charge in [-0.15, -0.1) is 6.42 Å². The van der Waals surface area contributed by atoms with E-state index in [9.17, 15) is 9.90 Å². The van der Waals surface area contributed by atoms with Crippen molar-refractivity contribution in [2.45, 2.75) is 51.6 Å². The molecule has 1 N–H and O–H groups in total. The molecule has 0 radical (unpaired) electrons. The van der Waals surface area contributed by atoms with E-state index in [0.717, 1.165) is 39.0 Å². The van der Waals surface area contributed by atoms with Gasteiger partial charge in [-0.2, -0.15) is 0 Å². The fourth-order valence-corrected chi connectivity index (χ4v) is 2.91. The second kappa shape index (κ2) is 8.28. The molecule has 0 spiro atoms. The maximum absolute atomic E-state index is 12.3. The fourth-order valence-electron chi connectivity index (χ4n) is 2.91. The Kier molecular flexibility index (Phi) is 7.04. The summed E-state index contributed by atoms with van der Waals surface area (Å²) in [5.41, 5.74) is -0.823. The van der Waals surface area contributed by atoms with Crippen LogP contribution in [0.25, 0.3) is 0 Å². The minimum absolute atomic E-state index is 0.0785. The predicted molar refractivity (Wildman–Crippen MR) is 81.2 cm³/mol. The quantitative estimate of drug-likeness (QED) is 0.719. The van der Waals surface area contributed by atoms with Crippen molar-refractivity contribution in [3.8, 4) is 12.3 Å². The molecule has 0 aromatic rings. The lowest BCUT2D eigenvalue weighted by atomic mass is 9.88. The third-order valence-electron chi connectivity index (χ3n) is 3.95. The first-order valence-electron chi connectivity index (χ1n) is 7.70. The molecule has 0 unspecified atom stereocenters. The molecule has 1 rings (SSSR count). The van der Waals surface area contributed by atoms with Crippen LogP contribution in [0.2, 0.25) is 0 Å². The number of amides is 1. The monoisotopic (exact) mass is 280 g/mol. The smallest absolute Gasteiger partial charge is 0.225 e. The number of hydrogen-bond acceptors (Lipinski definition) is 3. The summed E-state index contributed by atoms with van der Waals surface area (Å²) in [4.78, 5) is 16.4. The molecule has 0 atom stereocenters. The molecular weight excluding hydrogens is 252 g/mol. The first kappa shape index (κ1) is 17.0. The van der Waals surface area contributed by atoms with Gasteiger partial charge < -0.3 is 10.0 Å². The molecule has 0 aromatic carbocycles. The molecule has 1 fully saturated rings. The molecule has 4 nitrogen and oxygen atoms in total. The first-order chi connectivity index (χ1) is 9.54. The molecular formula is C16H28N2O2. The Morgan fingerprint density at radius 2 is 1.75 bits per heavy atom. The number of carbonyl (C=O) groups is 1. The average Bonchev–Trinajstić information content (AvgIpc) is 2.40. The van der Waals surface area contributed by atoms with Gasteiger partial charge in [-0.1, -0.05) is 32.6 Å². The van der Waals surface area contributed by atoms with Gasteiger partial charge in [-0.25, -0.2) is 0 Å². The Labute approximate surface area is 123 Å². The van der Waals surface area contributed by atoms with Crippen molar-refractivity contribution in [3.63, 3.8) is 0 Å². The van der Waals surface area contributed by atoms with Gasteiger partial charge in [-0.05, 0) is 12.8 Å². The Balaban J connectivity index is 2.48. The van der Waals surface area contributed by atoms with Crippen LogP contribution in [0.3, 0.4) is 0 Å². The number of aliphatic hydroxyl groups is 1. The molecule has 1 saturated heterocycles. The van der Waals surface area contributed by atoms with E-state index in [1.54, 1.807) is 0 Å². The number of carbonyl (C=O) groups excluding carboxylic acids is 1. The normalized spacial score (nSPS) is 17.0. The van der Waals surface area contributed by atoms with Gasteiger partial charge in [0.05, 0.1) is 18.6 Å². The van der Waals surface area contributed by atoms with E-state index in [1.165, 1.54) is 0 Å². The van der Waals surface area contributed by atoms with Gasteiger partial charge >= 0.3 is 0 Å². The van der Waals surface area contributed by atoms with Gasteiger partial charge in [0.2, 0.25) is 5.91 Å². The first-order valence-corrected chi connectivity index (χ1v) is 7.70. The highest BCUT2D eigenvalue weighted by molar-refractivity contribution is 5.77. The van der Waals surface area contributed by atoms with Gasteiger partial charge in [0.25, 0.3) is 0 Å². The zero-order valence-electron chi connectivity index (χ0n) is 12.9. The number of hydrogen-bond donors (Lipinski definition) is 1. The second-order valence-corrected chi connectivity index (χ2v) is 5.76. The van der Waals surface area contributed by atoms with E-state index < -0.39 is 5.60 Å². The lowest BCUT2D eigenvalue weighted by Gasteiger charge is -2.36. The second-order valence-electron chi connectivity index (χ2n) is 5.76. The maximum atomic E-state index is 12.3. The average molecular weight is 280 g/mol. The zero-order valence-corrected chi connectivity index (χ0v) is 12.9. The van der Waals surface area contributed by atoms with Crippen LogP contribution in [0, 0.1) is 12.3 Å². The lowest BCUT2D eigenvalue weighted by Crippen LogP contribution is -2.50. The van der Waals surface area contributed by atoms with Crippen LogP contribution in [0.15, 0.2) is 0 Å². The highest BCUT2D eigenvalue weighted by Crippen LogP contribution is 2.24. The third-order valence-corrected chi connectivity index (χ3v) is 3.95. The molecule has 0 saturated carbocycles. The minimum atomic E-state index is -0.823. The molecule has 1 amide bonds. The number of nitrogens with zero attached hydrogens (tertiary/aromatic N) is 2. The number of rotatable bonds is 7. The minimum Gasteiger partial charge on any atom is -0.389 e. The molecule has 1 aliphatic heterocycles. The van der Waals surface area contributed by atoms with Gasteiger partial charge in [-0.3, -0.25) is 9.69 Å². The van der Waals surface area contributed by atoms with Gasteiger partial charge in [0, 0.05) is 26.2 Å². The Hall–Kier alpha value is -1.05. The topological polar surface area (TPSA) is 43.8 Å². The third kappa shape index (κ3) is 5.15. The molecule has 20 heavy (non-hydrogen) atoms. The van der Waals surface area contributed by atoms with E-state index in [-0.39, 0.29) is 12.3 Å². The van der Waals surface area contributed by atoms with Crippen LogP contribution in [0.1, 0.15) is 46.0 Å². The van der Waals surface area contributed by atoms with Crippen molar-refractivity contribution in [1.82, 2.24) is 9.80 Å². The van der Waals surface area contributed by atoms with E-state index in [2.05, 4.69) is 10.8 Å². The van der Waals surface area contributed by atoms with E-state index >= 15 is 0 Å². The van der Waals surface area contributed by atoms with Crippen LogP contribution in [-0.4, -0.2) is 59.1 Å². The summed E-state index contributed by atoms with van der Waals surface area (Å²) in [5, 5.41) is 10.6. The summed E-state index contributed by atoms with van der Waals surface area (Å²) in [7, 11) is 0. The van der Waals surface area contributed by atoms with Crippen molar-refractivity contribution in [1.29, 1.82) is 0 Å². The van der Waals surface area contributed by atoms with E-state index in [1.807, 2.05) is 18.7 Å². The zero-order chi connectivity index (χ0) is 15.0. The Morgan fingerprint density at radius 1 is 1.20 bits per heavy atom. The molecule has 0 aliphatic carbocycles. The summed E-state index contributed by atoms with van der Waals surface area (Å²) in [6.45, 7) is 7.83. The van der Waals surface area contributed by atoms with Gasteiger partial charge in [0.15, 0.2) is 0 Å². The van der Waals surface area contributed by atoms with Crippen molar-refractivity contribution in [2.75, 3.05) is 32.7 Å². The van der Waals surface area contributed by atoms with E-state index in [4.69, 9.17) is 6.42 Å². The van der Waals surface area contributed by atoms with Crippen LogP contribution in [0.4, 0.5) is 0 Å². The number of terminal acetylenes is 1. The summed E-state index contributed by atoms with van der Waals surface area (Å²) >= 11 is 0. The van der Waals surface area contributed by atoms with E-state index in [0.29, 0.717) is 19.4 Å². The molecule has 114 valence electrons. The largest absolute Gasteiger partial charge is 0.389 e. The van der Waals surface area contributed by atoms with Gasteiger partial charge in [0.1, 0.15) is 0 Å². The highest BCUT2D eigenvalue weighted by Gasteiger charge is 2.31. The molecule has 4 heteroatoms. The molecule has 1 heterocycles. The predicted octanol–water partition coefficient (Wildman–Crippen LogP) is 1.49. The maximum Gasteiger partial charge on any atom is 0.225 e. The van der Waals surface area contributed by atoms with Crippen molar-refractivity contribution in [3.05, 3.63) is 0 Å². The SMILES string of the molecule is C#CCN1CCN(C(=O)CC(O)(CCC)CCC)CC1. The summed E-state index contributed by atoms with van der Waals surface area (Å²) in [5.74, 6) is 2.71. The van der Waals surface area contributed by atoms with Crippen molar-refractivity contribution < 1.29 is 9.90 Å². The lowest BCUT2D eigenvalue weighted by molar-refractivity contribution is -0.138. The Bertz CT molecular complexity index is 335. The molecule has 0 aromatic heterocycles. The van der Waals surface area contributed by atoms with Crippen molar-refractivity contribution in [2.24, 2.45) is 0 Å². The fraction of sp³-hybridized carbons (Fsp3) is 0.812. The van der Waals surface area contributed by atoms with Crippen molar-refractivity contribution >= 4 is 5.91 Å². The van der Waals surface area contributed by atoms with Crippen LogP contribution in [-0.2, 0) is 4.79 Å². The summed E-state index contributed by atoms with van der Waals surface area (Å²) in [6, 6.07) is 0. The number of piperazine rings is 1. The summed E-state index contributed by atoms with van der Waals surface area (Å²) < 4.78 is 0. The molecule has 1 aliphatic rings. The molecule has 0 bridgehead atoms. The van der Waals surface area contributed by atoms with Crippen LogP contribution in [0.5, 0.6) is 0 Å². The van der Waals surface area contributed by atoms with Crippen LogP contribution < -0.4 is 0 Å². The Morgan fingerprint density at radius 3 is 2.20 bits per heavy atom. The highest BCUT2D eigenvalue weighted by atomic mass is 16.3. The standard InChI is InChI=1S/C16H28N2O2/c1-4-7-16(20,8-5-2)14-15(19)18-12-10-17(9-6-3)11-13-18/h3,20H,4-5,7-14H2,1-2H3. The summed E-state index contributed by atoms with van der Waals surface area (Å²) in [6.07, 6.45) is 8.75. The van der Waals surface area contributed by atoms with Crippen LogP contribution >= 0.6 is 0 Å².